The summed E-state index contributed by atoms with van der Waals surface area (Å²) in [5.41, 5.74) is 18.5. The number of benzene rings is 11. The lowest BCUT2D eigenvalue weighted by atomic mass is 9.80. The Kier molecular flexibility index (Phi) is 9.60. The molecule has 2 atom stereocenters. The second-order valence-corrected chi connectivity index (χ2v) is 20.3. The minimum Gasteiger partial charge on any atom is -0.454 e. The molecule has 344 valence electrons. The lowest BCUT2D eigenvalue weighted by Gasteiger charge is -2.29. The highest BCUT2D eigenvalue weighted by Crippen LogP contribution is 2.56. The molecule has 5 heteroatoms. The molecule has 2 aromatic heterocycles. The van der Waals surface area contributed by atoms with Crippen molar-refractivity contribution >= 4 is 107 Å². The van der Waals surface area contributed by atoms with Gasteiger partial charge in [-0.2, -0.15) is 0 Å². The van der Waals surface area contributed by atoms with Crippen LogP contribution >= 0.6 is 11.8 Å². The third-order valence-corrected chi connectivity index (χ3v) is 16.3. The summed E-state index contributed by atoms with van der Waals surface area (Å²) in [4.78, 5) is 6.06. The third-order valence-electron chi connectivity index (χ3n) is 15.0. The predicted molar refractivity (Wildman–Crippen MR) is 306 cm³/mol. The van der Waals surface area contributed by atoms with Gasteiger partial charge < -0.3 is 18.6 Å². The molecule has 0 spiro atoms. The van der Waals surface area contributed by atoms with Crippen LogP contribution in [0.25, 0.3) is 83.0 Å². The summed E-state index contributed by atoms with van der Waals surface area (Å²) in [6.45, 7) is 0. The second kappa shape index (κ2) is 16.8. The van der Waals surface area contributed by atoms with Crippen molar-refractivity contribution in [3.8, 4) is 22.3 Å². The molecule has 0 saturated heterocycles. The Morgan fingerprint density at radius 3 is 1.45 bits per heavy atom. The number of anilines is 6. The lowest BCUT2D eigenvalue weighted by molar-refractivity contribution is 0.668. The Morgan fingerprint density at radius 1 is 0.370 bits per heavy atom. The van der Waals surface area contributed by atoms with Crippen LogP contribution in [0, 0.1) is 0 Å². The van der Waals surface area contributed by atoms with Gasteiger partial charge in [0.25, 0.3) is 0 Å². The van der Waals surface area contributed by atoms with Gasteiger partial charge in [0.15, 0.2) is 11.2 Å². The van der Waals surface area contributed by atoms with Crippen molar-refractivity contribution < 1.29 is 8.83 Å². The van der Waals surface area contributed by atoms with Crippen LogP contribution in [0.2, 0.25) is 0 Å². The molecule has 1 aliphatic heterocycles. The van der Waals surface area contributed by atoms with Gasteiger partial charge in [0.2, 0.25) is 0 Å². The molecule has 4 nitrogen and oxygen atoms in total. The molecular weight excluding hydrogens is 909 g/mol. The van der Waals surface area contributed by atoms with Gasteiger partial charge in [0, 0.05) is 60.4 Å². The number of thioether (sulfide) groups is 1. The molecule has 0 bridgehead atoms. The van der Waals surface area contributed by atoms with E-state index in [-0.39, 0.29) is 11.2 Å². The number of rotatable bonds is 8. The predicted octanol–water partition coefficient (Wildman–Crippen LogP) is 19.5. The molecule has 1 aliphatic carbocycles. The summed E-state index contributed by atoms with van der Waals surface area (Å²) < 4.78 is 13.4. The number of para-hydroxylation sites is 4. The van der Waals surface area contributed by atoms with E-state index in [0.29, 0.717) is 0 Å². The van der Waals surface area contributed by atoms with Crippen molar-refractivity contribution in [2.24, 2.45) is 0 Å². The molecule has 0 N–H and O–H groups in total. The van der Waals surface area contributed by atoms with E-state index in [2.05, 4.69) is 252 Å². The van der Waals surface area contributed by atoms with Crippen molar-refractivity contribution in [2.75, 3.05) is 9.80 Å². The zero-order valence-corrected chi connectivity index (χ0v) is 40.3. The lowest BCUT2D eigenvalue weighted by Crippen LogP contribution is -2.16. The summed E-state index contributed by atoms with van der Waals surface area (Å²) in [6.07, 6.45) is 4.77. The van der Waals surface area contributed by atoms with Crippen molar-refractivity contribution in [1.82, 2.24) is 0 Å². The van der Waals surface area contributed by atoms with E-state index < -0.39 is 0 Å². The Labute approximate surface area is 426 Å². The third kappa shape index (κ3) is 6.84. The standard InChI is InChI=1S/C68H44N2O2S/c1-3-13-43(14-4-1)45-25-31-49(32-26-45)69(59-21-11-19-57-55-17-7-9-23-61(55)71-67(57)59)51-35-37-53-47(41-51)29-39-63-65(53)66-54-38-36-52(42-48(54)30-40-64(66)73-63)70(50-33-27-46(28-34-50)44-15-5-2-6-16-44)60-22-12-20-58-56-18-8-10-24-62(56)72-68(58)60/h1-42,63,65H. The summed E-state index contributed by atoms with van der Waals surface area (Å²) in [5.74, 6) is 0.187. The molecule has 3 heterocycles. The van der Waals surface area contributed by atoms with Crippen LogP contribution in [0.4, 0.5) is 34.1 Å². The molecular formula is C68H44N2O2S. The highest BCUT2D eigenvalue weighted by Gasteiger charge is 2.38. The summed E-state index contributed by atoms with van der Waals surface area (Å²) >= 11 is 1.98. The van der Waals surface area contributed by atoms with Gasteiger partial charge in [-0.1, -0.05) is 176 Å². The van der Waals surface area contributed by atoms with E-state index in [1.54, 1.807) is 0 Å². The highest BCUT2D eigenvalue weighted by molar-refractivity contribution is 8.00. The first-order chi connectivity index (χ1) is 36.2. The van der Waals surface area contributed by atoms with Crippen LogP contribution in [0.1, 0.15) is 22.6 Å². The summed E-state index contributed by atoms with van der Waals surface area (Å²) in [5, 5.41) is 7.20. The van der Waals surface area contributed by atoms with Gasteiger partial charge in [-0.05, 0) is 129 Å². The molecule has 2 unspecified atom stereocenters. The first kappa shape index (κ1) is 41.7. The van der Waals surface area contributed by atoms with E-state index in [0.717, 1.165) is 78.0 Å². The average Bonchev–Trinajstić information content (AvgIpc) is 4.17. The van der Waals surface area contributed by atoms with Gasteiger partial charge in [-0.15, -0.1) is 11.8 Å². The SMILES string of the molecule is C1=CC2Sc3ccc4cc(N(c5ccc(-c6ccccc6)cc5)c5cccc6c5oc5ccccc56)ccc4c3C2c2ccc(N(c3ccc(-c4ccccc4)cc3)c3cccc4c3oc3ccccc34)cc21. The smallest absolute Gasteiger partial charge is 0.159 e. The zero-order chi connectivity index (χ0) is 48.0. The Balaban J connectivity index is 0.842. The fraction of sp³-hybridized carbons (Fsp3) is 0.0294. The molecule has 2 aliphatic rings. The zero-order valence-electron chi connectivity index (χ0n) is 39.5. The second-order valence-electron chi connectivity index (χ2n) is 19.1. The maximum atomic E-state index is 6.71. The fourth-order valence-electron chi connectivity index (χ4n) is 11.6. The molecule has 0 radical (unpaired) electrons. The number of hydrogen-bond donors (Lipinski definition) is 0. The molecule has 13 aromatic rings. The van der Waals surface area contributed by atoms with Crippen molar-refractivity contribution in [1.29, 1.82) is 0 Å². The van der Waals surface area contributed by atoms with Crippen LogP contribution in [0.3, 0.4) is 0 Å². The Morgan fingerprint density at radius 2 is 0.863 bits per heavy atom. The number of furan rings is 2. The molecule has 0 amide bonds. The maximum Gasteiger partial charge on any atom is 0.159 e. The number of nitrogens with zero attached hydrogens (tertiary/aromatic N) is 2. The first-order valence-corrected chi connectivity index (χ1v) is 25.8. The maximum absolute atomic E-state index is 6.71. The average molecular weight is 953 g/mol. The molecule has 11 aromatic carbocycles. The van der Waals surface area contributed by atoms with Crippen molar-refractivity contribution in [3.05, 3.63) is 265 Å². The van der Waals surface area contributed by atoms with Crippen LogP contribution in [-0.2, 0) is 0 Å². The van der Waals surface area contributed by atoms with Gasteiger partial charge in [0.05, 0.1) is 11.4 Å². The van der Waals surface area contributed by atoms with E-state index in [9.17, 15) is 0 Å². The fourth-order valence-corrected chi connectivity index (χ4v) is 13.0. The van der Waals surface area contributed by atoms with Crippen LogP contribution in [0.5, 0.6) is 0 Å². The van der Waals surface area contributed by atoms with Crippen LogP contribution < -0.4 is 9.80 Å². The molecule has 73 heavy (non-hydrogen) atoms. The van der Waals surface area contributed by atoms with Crippen molar-refractivity contribution in [2.45, 2.75) is 16.1 Å². The summed E-state index contributed by atoms with van der Waals surface area (Å²) in [7, 11) is 0. The summed E-state index contributed by atoms with van der Waals surface area (Å²) in [6, 6.07) is 87.4. The van der Waals surface area contributed by atoms with E-state index >= 15 is 0 Å². The Hall–Kier alpha value is -9.03. The molecule has 15 rings (SSSR count). The quantitative estimate of drug-likeness (QED) is 0.152. The van der Waals surface area contributed by atoms with Gasteiger partial charge in [-0.25, -0.2) is 0 Å². The van der Waals surface area contributed by atoms with E-state index in [4.69, 9.17) is 8.83 Å². The van der Waals surface area contributed by atoms with Crippen molar-refractivity contribution in [3.63, 3.8) is 0 Å². The number of hydrogen-bond acceptors (Lipinski definition) is 5. The highest BCUT2D eigenvalue weighted by atomic mass is 32.2. The largest absolute Gasteiger partial charge is 0.454 e. The minimum atomic E-state index is 0.187. The normalized spacial score (nSPS) is 14.7. The molecule has 0 saturated carbocycles. The van der Waals surface area contributed by atoms with Gasteiger partial charge in [0.1, 0.15) is 11.2 Å². The first-order valence-electron chi connectivity index (χ1n) is 25.0. The van der Waals surface area contributed by atoms with E-state index in [1.807, 2.05) is 23.9 Å². The topological polar surface area (TPSA) is 32.8 Å². The minimum absolute atomic E-state index is 0.187. The van der Waals surface area contributed by atoms with Crippen LogP contribution in [-0.4, -0.2) is 5.25 Å². The van der Waals surface area contributed by atoms with E-state index in [1.165, 1.54) is 54.6 Å². The molecule has 0 fully saturated rings. The number of fused-ring (bicyclic) bond motifs is 13. The van der Waals surface area contributed by atoms with Gasteiger partial charge >= 0.3 is 0 Å². The van der Waals surface area contributed by atoms with Crippen LogP contribution in [0.15, 0.2) is 262 Å². The Bertz CT molecular complexity index is 4310. The van der Waals surface area contributed by atoms with Gasteiger partial charge in [-0.3, -0.25) is 0 Å². The monoisotopic (exact) mass is 952 g/mol.